The molecule has 10 nitrogen and oxygen atoms in total. The molecule has 2 N–H and O–H groups in total. The highest BCUT2D eigenvalue weighted by Crippen LogP contribution is 2.43. The smallest absolute Gasteiger partial charge is 0.186 e. The quantitative estimate of drug-likeness (QED) is 0.170. The summed E-state index contributed by atoms with van der Waals surface area (Å²) in [5.41, 5.74) is 10.1. The summed E-state index contributed by atoms with van der Waals surface area (Å²) in [4.78, 5) is 16.5. The molecule has 2 fully saturated rings. The van der Waals surface area contributed by atoms with Crippen LogP contribution in [0.1, 0.15) is 109 Å². The highest BCUT2D eigenvalue weighted by Gasteiger charge is 2.32. The van der Waals surface area contributed by atoms with Crippen LogP contribution in [0.15, 0.2) is 10.7 Å². The third-order valence-electron chi connectivity index (χ3n) is 9.82. The molecule has 4 aromatic heterocycles. The lowest BCUT2D eigenvalue weighted by atomic mass is 9.92. The van der Waals surface area contributed by atoms with E-state index < -0.39 is 0 Å². The van der Waals surface area contributed by atoms with E-state index in [1.54, 1.807) is 0 Å². The number of thiophene rings is 1. The fraction of sp³-hybridized carbons (Fsp3) is 0.639. The number of hydrogen-bond acceptors (Lipinski definition) is 10. The molecule has 254 valence electrons. The van der Waals surface area contributed by atoms with Crippen molar-refractivity contribution in [3.05, 3.63) is 22.2 Å². The Morgan fingerprint density at radius 1 is 1.09 bits per heavy atom. The van der Waals surface area contributed by atoms with E-state index in [1.807, 2.05) is 20.0 Å². The summed E-state index contributed by atoms with van der Waals surface area (Å²) in [6.45, 7) is 15.8. The molecule has 0 aliphatic carbocycles. The molecule has 3 atom stereocenters. The molecule has 0 saturated carbocycles. The topological polar surface area (TPSA) is 126 Å². The number of nitriles is 1. The van der Waals surface area contributed by atoms with E-state index in [2.05, 4.69) is 60.5 Å². The van der Waals surface area contributed by atoms with Gasteiger partial charge in [0.05, 0.1) is 29.3 Å². The molecule has 47 heavy (non-hydrogen) atoms. The lowest BCUT2D eigenvalue weighted by Crippen LogP contribution is -2.43. The second-order valence-corrected chi connectivity index (χ2v) is 14.2. The van der Waals surface area contributed by atoms with Gasteiger partial charge in [-0.25, -0.2) is 14.6 Å². The molecule has 2 saturated heterocycles. The van der Waals surface area contributed by atoms with E-state index in [4.69, 9.17) is 25.3 Å². The van der Waals surface area contributed by atoms with Crippen molar-refractivity contribution >= 4 is 33.2 Å². The zero-order valence-electron chi connectivity index (χ0n) is 29.5. The van der Waals surface area contributed by atoms with Crippen LogP contribution in [-0.2, 0) is 19.4 Å². The van der Waals surface area contributed by atoms with Crippen LogP contribution in [0.3, 0.4) is 0 Å². The summed E-state index contributed by atoms with van der Waals surface area (Å²) in [6.07, 6.45) is 12.2. The number of aromatic nitrogens is 5. The number of hydrogen-bond donors (Lipinski definition) is 1. The molecule has 6 heterocycles. The highest BCUT2D eigenvalue weighted by atomic mass is 32.1. The van der Waals surface area contributed by atoms with E-state index in [1.165, 1.54) is 24.2 Å². The number of rotatable bonds is 11. The van der Waals surface area contributed by atoms with E-state index in [0.717, 1.165) is 104 Å². The largest absolute Gasteiger partial charge is 0.389 e. The molecule has 6 rings (SSSR count). The molecule has 0 aromatic carbocycles. The number of nitrogen functional groups attached to an aromatic ring is 1. The zero-order valence-corrected chi connectivity index (χ0v) is 30.3. The van der Waals surface area contributed by atoms with Crippen LogP contribution in [0.2, 0.25) is 0 Å². The van der Waals surface area contributed by atoms with Gasteiger partial charge >= 0.3 is 0 Å². The third-order valence-corrected chi connectivity index (χ3v) is 10.9. The van der Waals surface area contributed by atoms with Crippen molar-refractivity contribution in [3.63, 3.8) is 0 Å². The van der Waals surface area contributed by atoms with Crippen molar-refractivity contribution in [1.82, 2.24) is 29.8 Å². The number of nitrogens with zero attached hydrogens (tertiary/aromatic N) is 8. The van der Waals surface area contributed by atoms with Gasteiger partial charge in [0, 0.05) is 29.1 Å². The molecular formula is C36H53N9OS. The number of fused-ring (bicyclic) bond motifs is 1. The van der Waals surface area contributed by atoms with Gasteiger partial charge < -0.3 is 20.1 Å². The monoisotopic (exact) mass is 659 g/mol. The van der Waals surface area contributed by atoms with Crippen LogP contribution in [0.4, 0.5) is 10.8 Å². The van der Waals surface area contributed by atoms with Crippen molar-refractivity contribution in [1.29, 1.82) is 5.26 Å². The minimum absolute atomic E-state index is 0.410. The predicted molar refractivity (Wildman–Crippen MR) is 193 cm³/mol. The number of likely N-dealkylation sites (N-methyl/N-ethyl adjacent to an activating group) is 1. The Morgan fingerprint density at radius 3 is 2.57 bits per heavy atom. The van der Waals surface area contributed by atoms with Crippen LogP contribution in [-0.4, -0.2) is 62.0 Å². The van der Waals surface area contributed by atoms with Crippen LogP contribution < -0.4 is 10.6 Å². The number of aryl methyl sites for hydroxylation is 1. The van der Waals surface area contributed by atoms with Crippen LogP contribution >= 0.6 is 11.3 Å². The summed E-state index contributed by atoms with van der Waals surface area (Å²) in [5.74, 6) is 2.71. The van der Waals surface area contributed by atoms with E-state index in [0.29, 0.717) is 45.8 Å². The molecule has 2 aliphatic heterocycles. The summed E-state index contributed by atoms with van der Waals surface area (Å²) in [7, 11) is 2.20. The second-order valence-electron chi connectivity index (χ2n) is 13.1. The van der Waals surface area contributed by atoms with Crippen molar-refractivity contribution in [2.75, 3.05) is 30.8 Å². The Balaban J connectivity index is 0.00000213. The van der Waals surface area contributed by atoms with E-state index >= 15 is 0 Å². The standard InChI is InChI=1S/C34H47N9OS.C2H6/c1-6-9-13-24-29(40-44-30(24)28-25(17-35)31(36)45-27(28)11-7-2)32-38-33(42-19-21(4)14-15-22(42)8-3)26-18-37-43(34(26)39-32)20-23-12-10-16-41(23)5;1-2/h18,21-23H,6-16,19-20,36H2,1-5H3;1-2H3/t21?,22-,23?;/m0./s1. The lowest BCUT2D eigenvalue weighted by Gasteiger charge is -2.39. The first-order valence-electron chi connectivity index (χ1n) is 17.9. The van der Waals surface area contributed by atoms with Gasteiger partial charge in [-0.15, -0.1) is 11.3 Å². The Bertz CT molecular complexity index is 1680. The normalized spacial score (nSPS) is 20.0. The zero-order chi connectivity index (χ0) is 33.7. The second kappa shape index (κ2) is 15.6. The van der Waals surface area contributed by atoms with Crippen molar-refractivity contribution in [3.8, 4) is 28.9 Å². The van der Waals surface area contributed by atoms with Crippen molar-refractivity contribution < 1.29 is 4.52 Å². The maximum absolute atomic E-state index is 10.1. The number of likely N-dealkylation sites (tertiary alicyclic amines) is 1. The van der Waals surface area contributed by atoms with Crippen LogP contribution in [0.25, 0.3) is 33.9 Å². The minimum Gasteiger partial charge on any atom is -0.389 e. The lowest BCUT2D eigenvalue weighted by molar-refractivity contribution is 0.276. The van der Waals surface area contributed by atoms with Gasteiger partial charge in [-0.05, 0) is 70.9 Å². The molecule has 2 aliphatic rings. The average Bonchev–Trinajstić information content (AvgIpc) is 3.86. The molecule has 0 spiro atoms. The van der Waals surface area contributed by atoms with Crippen LogP contribution in [0.5, 0.6) is 0 Å². The molecule has 2 unspecified atom stereocenters. The molecule has 0 amide bonds. The maximum atomic E-state index is 10.1. The van der Waals surface area contributed by atoms with Gasteiger partial charge in [-0.1, -0.05) is 59.5 Å². The van der Waals surface area contributed by atoms with Crippen molar-refractivity contribution in [2.24, 2.45) is 5.92 Å². The van der Waals surface area contributed by atoms with Gasteiger partial charge in [-0.3, -0.25) is 0 Å². The van der Waals surface area contributed by atoms with Gasteiger partial charge in [0.1, 0.15) is 16.9 Å². The summed E-state index contributed by atoms with van der Waals surface area (Å²) >= 11 is 1.48. The third kappa shape index (κ3) is 6.91. The Hall–Kier alpha value is -3.49. The molecule has 0 radical (unpaired) electrons. The number of unbranched alkanes of at least 4 members (excludes halogenated alkanes) is 1. The fourth-order valence-electron chi connectivity index (χ4n) is 7.22. The maximum Gasteiger partial charge on any atom is 0.186 e. The first-order valence-corrected chi connectivity index (χ1v) is 18.7. The first kappa shape index (κ1) is 34.8. The summed E-state index contributed by atoms with van der Waals surface area (Å²) in [5, 5.41) is 21.2. The molecule has 0 bridgehead atoms. The first-order chi connectivity index (χ1) is 22.9. The molecule has 11 heteroatoms. The van der Waals surface area contributed by atoms with Gasteiger partial charge in [0.25, 0.3) is 0 Å². The average molecular weight is 660 g/mol. The Labute approximate surface area is 284 Å². The van der Waals surface area contributed by atoms with Gasteiger partial charge in [0.15, 0.2) is 22.9 Å². The minimum atomic E-state index is 0.410. The Morgan fingerprint density at radius 2 is 1.89 bits per heavy atom. The van der Waals surface area contributed by atoms with Gasteiger partial charge in [0.2, 0.25) is 0 Å². The summed E-state index contributed by atoms with van der Waals surface area (Å²) in [6, 6.07) is 3.19. The number of piperidine rings is 1. The van der Waals surface area contributed by atoms with Crippen LogP contribution in [0, 0.1) is 17.2 Å². The van der Waals surface area contributed by atoms with E-state index in [9.17, 15) is 5.26 Å². The van der Waals surface area contributed by atoms with Gasteiger partial charge in [-0.2, -0.15) is 10.4 Å². The number of anilines is 2. The summed E-state index contributed by atoms with van der Waals surface area (Å²) < 4.78 is 8.27. The van der Waals surface area contributed by atoms with Crippen molar-refractivity contribution in [2.45, 2.75) is 124 Å². The number of nitrogens with two attached hydrogens (primary N) is 1. The molecular weight excluding hydrogens is 607 g/mol. The predicted octanol–water partition coefficient (Wildman–Crippen LogP) is 8.09. The van der Waals surface area contributed by atoms with E-state index in [-0.39, 0.29) is 0 Å². The fourth-order valence-corrected chi connectivity index (χ4v) is 8.34. The molecule has 4 aromatic rings. The Kier molecular flexibility index (Phi) is 11.6. The highest BCUT2D eigenvalue weighted by molar-refractivity contribution is 7.16. The SMILES string of the molecule is CC.CCCCc1c(-c2nc(N3CC(C)CC[C@@H]3CC)c3cnn(CC4CCCN4C)c3n2)noc1-c1c(CCC)sc(N)c1C#N.